The molecule has 0 heterocycles. The van der Waals surface area contributed by atoms with Crippen molar-refractivity contribution in [3.8, 4) is 0 Å². The Balaban J connectivity index is 2.44. The van der Waals surface area contributed by atoms with Gasteiger partial charge in [-0.15, -0.1) is 0 Å². The number of carbonyl (C=O) groups is 1. The Kier molecular flexibility index (Phi) is 6.36. The number of hydrogen-bond donors (Lipinski definition) is 1. The normalized spacial score (nSPS) is 12.2. The van der Waals surface area contributed by atoms with Gasteiger partial charge >= 0.3 is 0 Å². The van der Waals surface area contributed by atoms with Crippen molar-refractivity contribution in [3.05, 3.63) is 34.3 Å². The van der Waals surface area contributed by atoms with Crippen LogP contribution in [-0.2, 0) is 11.2 Å². The molecule has 0 saturated carbocycles. The average Bonchev–Trinajstić information content (AvgIpc) is 2.37. The molecule has 0 saturated heterocycles. The number of carbonyl (C=O) groups excluding carboxylic acids is 1. The van der Waals surface area contributed by atoms with Crippen LogP contribution in [0, 0.1) is 5.92 Å². The molecule has 100 valence electrons. The molecule has 0 aromatic heterocycles. The number of nitrogens with zero attached hydrogens (tertiary/aromatic N) is 1. The molecule has 1 rings (SSSR count). The fourth-order valence-corrected chi connectivity index (χ4v) is 2.13. The molecular formula is C14H21BrN2O. The summed E-state index contributed by atoms with van der Waals surface area (Å²) in [5, 5.41) is 0. The van der Waals surface area contributed by atoms with Gasteiger partial charge in [0.1, 0.15) is 0 Å². The van der Waals surface area contributed by atoms with Crippen LogP contribution < -0.4 is 5.73 Å². The first kappa shape index (κ1) is 15.2. The van der Waals surface area contributed by atoms with Gasteiger partial charge in [0.25, 0.3) is 0 Å². The lowest BCUT2D eigenvalue weighted by Gasteiger charge is -2.19. The predicted molar refractivity (Wildman–Crippen MR) is 78.3 cm³/mol. The van der Waals surface area contributed by atoms with Gasteiger partial charge in [-0.2, -0.15) is 0 Å². The van der Waals surface area contributed by atoms with E-state index in [4.69, 9.17) is 5.73 Å². The van der Waals surface area contributed by atoms with Crippen LogP contribution in [-0.4, -0.2) is 30.9 Å². The van der Waals surface area contributed by atoms with Crippen molar-refractivity contribution < 1.29 is 4.79 Å². The van der Waals surface area contributed by atoms with Crippen LogP contribution in [0.5, 0.6) is 0 Å². The Morgan fingerprint density at radius 3 is 2.72 bits per heavy atom. The summed E-state index contributed by atoms with van der Waals surface area (Å²) in [5.41, 5.74) is 6.75. The van der Waals surface area contributed by atoms with Crippen molar-refractivity contribution in [2.45, 2.75) is 19.8 Å². The van der Waals surface area contributed by atoms with Gasteiger partial charge in [0.15, 0.2) is 0 Å². The van der Waals surface area contributed by atoms with Crippen LogP contribution >= 0.6 is 15.9 Å². The standard InChI is InChI=1S/C14H21BrN2O/c1-11(10-16)9-14(18)17(2)8-7-12-5-3-4-6-13(12)15/h3-6,11H,7-10,16H2,1-2H3. The lowest BCUT2D eigenvalue weighted by Crippen LogP contribution is -2.31. The zero-order valence-electron chi connectivity index (χ0n) is 11.0. The molecule has 2 N–H and O–H groups in total. The summed E-state index contributed by atoms with van der Waals surface area (Å²) in [4.78, 5) is 13.7. The largest absolute Gasteiger partial charge is 0.345 e. The third-order valence-electron chi connectivity index (χ3n) is 3.03. The van der Waals surface area contributed by atoms with Gasteiger partial charge in [-0.1, -0.05) is 41.1 Å². The quantitative estimate of drug-likeness (QED) is 0.877. The highest BCUT2D eigenvalue weighted by Crippen LogP contribution is 2.16. The van der Waals surface area contributed by atoms with Crippen LogP contribution in [0.3, 0.4) is 0 Å². The van der Waals surface area contributed by atoms with E-state index < -0.39 is 0 Å². The minimum absolute atomic E-state index is 0.167. The Morgan fingerprint density at radius 2 is 2.11 bits per heavy atom. The summed E-state index contributed by atoms with van der Waals surface area (Å²) in [6, 6.07) is 8.10. The topological polar surface area (TPSA) is 46.3 Å². The van der Waals surface area contributed by atoms with E-state index in [2.05, 4.69) is 22.0 Å². The van der Waals surface area contributed by atoms with Crippen LogP contribution in [0.15, 0.2) is 28.7 Å². The first-order valence-corrected chi connectivity index (χ1v) is 7.01. The monoisotopic (exact) mass is 312 g/mol. The minimum Gasteiger partial charge on any atom is -0.345 e. The maximum absolute atomic E-state index is 11.9. The first-order chi connectivity index (χ1) is 8.54. The van der Waals surface area contributed by atoms with Gasteiger partial charge in [-0.05, 0) is 30.5 Å². The highest BCUT2D eigenvalue weighted by molar-refractivity contribution is 9.10. The Morgan fingerprint density at radius 1 is 1.44 bits per heavy atom. The molecule has 3 nitrogen and oxygen atoms in total. The van der Waals surface area contributed by atoms with E-state index in [0.29, 0.717) is 13.0 Å². The van der Waals surface area contributed by atoms with Crippen LogP contribution in [0.25, 0.3) is 0 Å². The van der Waals surface area contributed by atoms with Crippen molar-refractivity contribution in [1.82, 2.24) is 4.90 Å². The molecule has 1 atom stereocenters. The predicted octanol–water partition coefficient (Wildman–Crippen LogP) is 2.43. The van der Waals surface area contributed by atoms with E-state index >= 15 is 0 Å². The highest BCUT2D eigenvalue weighted by Gasteiger charge is 2.12. The average molecular weight is 313 g/mol. The molecule has 0 aliphatic heterocycles. The number of halogens is 1. The molecule has 0 radical (unpaired) electrons. The van der Waals surface area contributed by atoms with Crippen molar-refractivity contribution in [3.63, 3.8) is 0 Å². The van der Waals surface area contributed by atoms with Crippen molar-refractivity contribution in [2.75, 3.05) is 20.1 Å². The Hall–Kier alpha value is -0.870. The van der Waals surface area contributed by atoms with E-state index in [0.717, 1.165) is 17.4 Å². The Bertz CT molecular complexity index is 395. The maximum Gasteiger partial charge on any atom is 0.222 e. The summed E-state index contributed by atoms with van der Waals surface area (Å²) in [5.74, 6) is 0.420. The lowest BCUT2D eigenvalue weighted by molar-refractivity contribution is -0.130. The van der Waals surface area contributed by atoms with E-state index in [1.165, 1.54) is 5.56 Å². The molecule has 1 aromatic carbocycles. The zero-order chi connectivity index (χ0) is 13.5. The molecular weight excluding hydrogens is 292 g/mol. The van der Waals surface area contributed by atoms with Crippen LogP contribution in [0.2, 0.25) is 0 Å². The molecule has 0 spiro atoms. The van der Waals surface area contributed by atoms with E-state index in [9.17, 15) is 4.79 Å². The summed E-state index contributed by atoms with van der Waals surface area (Å²) < 4.78 is 1.10. The van der Waals surface area contributed by atoms with Crippen molar-refractivity contribution >= 4 is 21.8 Å². The summed E-state index contributed by atoms with van der Waals surface area (Å²) in [7, 11) is 1.85. The van der Waals surface area contributed by atoms with Crippen molar-refractivity contribution in [1.29, 1.82) is 0 Å². The zero-order valence-corrected chi connectivity index (χ0v) is 12.6. The second-order valence-corrected chi connectivity index (χ2v) is 5.56. The molecule has 0 aliphatic rings. The summed E-state index contributed by atoms with van der Waals surface area (Å²) in [6.45, 7) is 3.29. The van der Waals surface area contributed by atoms with E-state index in [-0.39, 0.29) is 11.8 Å². The molecule has 1 unspecified atom stereocenters. The Labute approximate surface area is 117 Å². The summed E-state index contributed by atoms with van der Waals surface area (Å²) in [6.07, 6.45) is 1.39. The van der Waals surface area contributed by atoms with Crippen molar-refractivity contribution in [2.24, 2.45) is 11.7 Å². The van der Waals surface area contributed by atoms with Gasteiger partial charge < -0.3 is 10.6 Å². The molecule has 0 bridgehead atoms. The van der Waals surface area contributed by atoms with Gasteiger partial charge in [-0.25, -0.2) is 0 Å². The third kappa shape index (κ3) is 4.78. The van der Waals surface area contributed by atoms with Gasteiger partial charge in [-0.3, -0.25) is 4.79 Å². The van der Waals surface area contributed by atoms with Gasteiger partial charge in [0.2, 0.25) is 5.91 Å². The molecule has 0 aliphatic carbocycles. The molecule has 1 amide bonds. The summed E-state index contributed by atoms with van der Waals surface area (Å²) >= 11 is 3.51. The number of benzene rings is 1. The molecule has 4 heteroatoms. The number of hydrogen-bond acceptors (Lipinski definition) is 2. The number of rotatable bonds is 6. The molecule has 18 heavy (non-hydrogen) atoms. The SMILES string of the molecule is CC(CN)CC(=O)N(C)CCc1ccccc1Br. The van der Waals surface area contributed by atoms with Gasteiger partial charge in [0, 0.05) is 24.5 Å². The second-order valence-electron chi connectivity index (χ2n) is 4.70. The fraction of sp³-hybridized carbons (Fsp3) is 0.500. The van der Waals surface area contributed by atoms with E-state index in [1.54, 1.807) is 4.90 Å². The fourth-order valence-electron chi connectivity index (χ4n) is 1.65. The van der Waals surface area contributed by atoms with Crippen LogP contribution in [0.1, 0.15) is 18.9 Å². The third-order valence-corrected chi connectivity index (χ3v) is 3.80. The smallest absolute Gasteiger partial charge is 0.222 e. The lowest BCUT2D eigenvalue weighted by atomic mass is 10.1. The maximum atomic E-state index is 11.9. The highest BCUT2D eigenvalue weighted by atomic mass is 79.9. The van der Waals surface area contributed by atoms with E-state index in [1.807, 2.05) is 32.2 Å². The first-order valence-electron chi connectivity index (χ1n) is 6.22. The second kappa shape index (κ2) is 7.54. The molecule has 0 fully saturated rings. The van der Waals surface area contributed by atoms with Gasteiger partial charge in [0.05, 0.1) is 0 Å². The molecule has 1 aromatic rings. The number of nitrogens with two attached hydrogens (primary N) is 1. The van der Waals surface area contributed by atoms with Crippen LogP contribution in [0.4, 0.5) is 0 Å². The number of amides is 1. The number of likely N-dealkylation sites (N-methyl/N-ethyl adjacent to an activating group) is 1. The minimum atomic E-state index is 0.167.